The van der Waals surface area contributed by atoms with Gasteiger partial charge in [-0.2, -0.15) is 0 Å². The number of rotatable bonds is 5. The van der Waals surface area contributed by atoms with E-state index in [9.17, 15) is 18.8 Å². The van der Waals surface area contributed by atoms with Crippen molar-refractivity contribution in [1.82, 2.24) is 4.90 Å². The van der Waals surface area contributed by atoms with Crippen molar-refractivity contribution in [3.63, 3.8) is 0 Å². The van der Waals surface area contributed by atoms with E-state index >= 15 is 0 Å². The van der Waals surface area contributed by atoms with Crippen LogP contribution in [0.3, 0.4) is 0 Å². The molecule has 0 aromatic heterocycles. The Labute approximate surface area is 177 Å². The molecule has 30 heavy (non-hydrogen) atoms. The topological polar surface area (TPSA) is 72.9 Å². The first kappa shape index (κ1) is 23.8. The van der Waals surface area contributed by atoms with Crippen LogP contribution in [0.1, 0.15) is 63.9 Å². The van der Waals surface area contributed by atoms with Crippen molar-refractivity contribution < 1.29 is 28.2 Å². The van der Waals surface area contributed by atoms with Gasteiger partial charge in [0.2, 0.25) is 0 Å². The first-order valence-corrected chi connectivity index (χ1v) is 10.2. The van der Waals surface area contributed by atoms with Gasteiger partial charge < -0.3 is 14.4 Å². The number of likely N-dealkylation sites (tertiary alicyclic amines) is 1. The molecular weight excluding hydrogens is 389 g/mol. The Morgan fingerprint density at radius 2 is 1.77 bits per heavy atom. The lowest BCUT2D eigenvalue weighted by Crippen LogP contribution is -2.38. The van der Waals surface area contributed by atoms with Crippen molar-refractivity contribution in [2.24, 2.45) is 11.8 Å². The fourth-order valence-corrected chi connectivity index (χ4v) is 3.54. The highest BCUT2D eigenvalue weighted by Crippen LogP contribution is 2.31. The van der Waals surface area contributed by atoms with Gasteiger partial charge in [0.15, 0.2) is 0 Å². The number of carbonyl (C=O) groups excluding carboxylic acids is 3. The highest BCUT2D eigenvalue weighted by Gasteiger charge is 2.39. The molecule has 0 saturated carbocycles. The van der Waals surface area contributed by atoms with Gasteiger partial charge in [0.1, 0.15) is 23.3 Å². The first-order valence-electron chi connectivity index (χ1n) is 10.2. The van der Waals surface area contributed by atoms with Crippen LogP contribution in [-0.4, -0.2) is 47.5 Å². The normalized spacial score (nSPS) is 18.1. The Morgan fingerprint density at radius 3 is 2.33 bits per heavy atom. The molecule has 1 aliphatic rings. The Bertz CT molecular complexity index is 794. The third-order valence-electron chi connectivity index (χ3n) is 4.73. The molecule has 2 atom stereocenters. The summed E-state index contributed by atoms with van der Waals surface area (Å²) in [5.74, 6) is -1.65. The average molecular weight is 422 g/mol. The molecule has 6 nitrogen and oxygen atoms in total. The Balaban J connectivity index is 2.22. The minimum atomic E-state index is -0.672. The highest BCUT2D eigenvalue weighted by molar-refractivity contribution is 5.76. The summed E-state index contributed by atoms with van der Waals surface area (Å²) < 4.78 is 24.9. The largest absolute Gasteiger partial charge is 0.460 e. The lowest BCUT2D eigenvalue weighted by molar-refractivity contribution is -0.162. The van der Waals surface area contributed by atoms with Crippen LogP contribution in [0.25, 0.3) is 0 Å². The molecule has 1 fully saturated rings. The van der Waals surface area contributed by atoms with Crippen LogP contribution in [0.4, 0.5) is 9.18 Å². The molecule has 0 radical (unpaired) electrons. The molecule has 0 N–H and O–H groups in total. The van der Waals surface area contributed by atoms with Crippen LogP contribution >= 0.6 is 0 Å². The lowest BCUT2D eigenvalue weighted by atomic mass is 9.85. The third kappa shape index (κ3) is 7.11. The summed E-state index contributed by atoms with van der Waals surface area (Å²) in [7, 11) is 0. The summed E-state index contributed by atoms with van der Waals surface area (Å²) in [6.45, 7) is 11.6. The van der Waals surface area contributed by atoms with E-state index in [2.05, 4.69) is 0 Å². The lowest BCUT2D eigenvalue weighted by Gasteiger charge is -2.28. The van der Waals surface area contributed by atoms with E-state index in [0.717, 1.165) is 6.07 Å². The maximum absolute atomic E-state index is 13.9. The molecule has 0 aliphatic carbocycles. The zero-order chi connectivity index (χ0) is 22.7. The minimum absolute atomic E-state index is 0.157. The van der Waals surface area contributed by atoms with Gasteiger partial charge in [-0.05, 0) is 84.1 Å². The number of carbonyl (C=O) groups is 3. The van der Waals surface area contributed by atoms with E-state index in [1.54, 1.807) is 52.5 Å². The quantitative estimate of drug-likeness (QED) is 0.521. The molecule has 1 aliphatic heterocycles. The van der Waals surface area contributed by atoms with Crippen LogP contribution < -0.4 is 0 Å². The van der Waals surface area contributed by atoms with Crippen LogP contribution in [0.15, 0.2) is 18.2 Å². The van der Waals surface area contributed by atoms with Crippen molar-refractivity contribution in [3.05, 3.63) is 35.1 Å². The SMILES string of the molecule is CC(C)(C)OC(=O)C(Cc1cc(F)cc(C=O)c1)[C@H]1CCN(C(=O)OC(C)(C)C)C1. The zero-order valence-electron chi connectivity index (χ0n) is 18.7. The number of ether oxygens (including phenoxy) is 2. The number of hydrogen-bond donors (Lipinski definition) is 0. The van der Waals surface area contributed by atoms with Gasteiger partial charge in [-0.1, -0.05) is 0 Å². The summed E-state index contributed by atoms with van der Waals surface area (Å²) in [5, 5.41) is 0. The Kier molecular flexibility index (Phi) is 7.27. The molecule has 1 amide bonds. The average Bonchev–Trinajstić information content (AvgIpc) is 3.06. The molecule has 2 rings (SSSR count). The number of nitrogens with zero attached hydrogens (tertiary/aromatic N) is 1. The number of hydrogen-bond acceptors (Lipinski definition) is 5. The first-order chi connectivity index (χ1) is 13.8. The molecular formula is C23H32FNO5. The van der Waals surface area contributed by atoms with E-state index < -0.39 is 35.0 Å². The Morgan fingerprint density at radius 1 is 1.13 bits per heavy atom. The molecule has 1 aromatic rings. The van der Waals surface area contributed by atoms with Crippen molar-refractivity contribution in [2.75, 3.05) is 13.1 Å². The van der Waals surface area contributed by atoms with Gasteiger partial charge >= 0.3 is 12.1 Å². The van der Waals surface area contributed by atoms with Gasteiger partial charge in [0.05, 0.1) is 5.92 Å². The number of benzene rings is 1. The van der Waals surface area contributed by atoms with Gasteiger partial charge in [-0.25, -0.2) is 9.18 Å². The fraction of sp³-hybridized carbons (Fsp3) is 0.609. The molecule has 0 bridgehead atoms. The van der Waals surface area contributed by atoms with E-state index in [0.29, 0.717) is 31.4 Å². The summed E-state index contributed by atoms with van der Waals surface area (Å²) in [4.78, 5) is 38.1. The van der Waals surface area contributed by atoms with Crippen molar-refractivity contribution in [2.45, 2.75) is 65.6 Å². The minimum Gasteiger partial charge on any atom is -0.460 e. The van der Waals surface area contributed by atoms with Crippen LogP contribution in [-0.2, 0) is 20.7 Å². The third-order valence-corrected chi connectivity index (χ3v) is 4.73. The molecule has 166 valence electrons. The second-order valence-corrected chi connectivity index (χ2v) is 9.83. The zero-order valence-corrected chi connectivity index (χ0v) is 18.7. The second kappa shape index (κ2) is 9.14. The fourth-order valence-electron chi connectivity index (χ4n) is 3.54. The van der Waals surface area contributed by atoms with E-state index in [4.69, 9.17) is 9.47 Å². The monoisotopic (exact) mass is 421 g/mol. The Hall–Kier alpha value is -2.44. The van der Waals surface area contributed by atoms with Crippen molar-refractivity contribution in [1.29, 1.82) is 0 Å². The molecule has 0 spiro atoms. The smallest absolute Gasteiger partial charge is 0.410 e. The van der Waals surface area contributed by atoms with Gasteiger partial charge in [-0.3, -0.25) is 9.59 Å². The van der Waals surface area contributed by atoms with Gasteiger partial charge in [0, 0.05) is 18.7 Å². The number of halogens is 1. The van der Waals surface area contributed by atoms with Gasteiger partial charge in [0.25, 0.3) is 0 Å². The number of esters is 1. The van der Waals surface area contributed by atoms with E-state index in [-0.39, 0.29) is 17.9 Å². The van der Waals surface area contributed by atoms with Crippen LogP contribution in [0, 0.1) is 17.7 Å². The molecule has 7 heteroatoms. The predicted octanol–water partition coefficient (Wildman–Crippen LogP) is 4.40. The van der Waals surface area contributed by atoms with Crippen LogP contribution in [0.2, 0.25) is 0 Å². The van der Waals surface area contributed by atoms with Gasteiger partial charge in [-0.15, -0.1) is 0 Å². The van der Waals surface area contributed by atoms with Crippen molar-refractivity contribution in [3.8, 4) is 0 Å². The summed E-state index contributed by atoms with van der Waals surface area (Å²) in [6.07, 6.45) is 0.996. The maximum Gasteiger partial charge on any atom is 0.410 e. The standard InChI is InChI=1S/C23H32FNO5/c1-22(2,3)29-20(27)19(12-15-9-16(14-26)11-18(24)10-15)17-7-8-25(13-17)21(28)30-23(4,5)6/h9-11,14,17,19H,7-8,12-13H2,1-6H3/t17-,19?/m0/s1. The molecule has 1 saturated heterocycles. The molecule has 1 heterocycles. The van der Waals surface area contributed by atoms with Crippen molar-refractivity contribution >= 4 is 18.3 Å². The van der Waals surface area contributed by atoms with E-state index in [1.165, 1.54) is 6.07 Å². The molecule has 1 aromatic carbocycles. The van der Waals surface area contributed by atoms with E-state index in [1.807, 2.05) is 0 Å². The number of aldehydes is 1. The second-order valence-electron chi connectivity index (χ2n) is 9.83. The highest BCUT2D eigenvalue weighted by atomic mass is 19.1. The maximum atomic E-state index is 13.9. The molecule has 1 unspecified atom stereocenters. The summed E-state index contributed by atoms with van der Waals surface area (Å²) in [5.41, 5.74) is -0.514. The number of amides is 1. The predicted molar refractivity (Wildman–Crippen MR) is 111 cm³/mol. The van der Waals surface area contributed by atoms with Crippen LogP contribution in [0.5, 0.6) is 0 Å². The summed E-state index contributed by atoms with van der Waals surface area (Å²) >= 11 is 0. The summed E-state index contributed by atoms with van der Waals surface area (Å²) in [6, 6.07) is 4.05.